The molecule has 1 aliphatic heterocycles. The summed E-state index contributed by atoms with van der Waals surface area (Å²) in [7, 11) is -3.37. The Morgan fingerprint density at radius 2 is 2.05 bits per heavy atom. The number of halogens is 1. The molecular formula is C14H20ClNO2S. The van der Waals surface area contributed by atoms with Crippen molar-refractivity contribution >= 4 is 21.6 Å². The van der Waals surface area contributed by atoms with Gasteiger partial charge in [-0.2, -0.15) is 4.31 Å². The maximum atomic E-state index is 12.6. The van der Waals surface area contributed by atoms with Crippen LogP contribution in [0.4, 0.5) is 0 Å². The zero-order valence-electron chi connectivity index (χ0n) is 11.4. The summed E-state index contributed by atoms with van der Waals surface area (Å²) in [4.78, 5) is 0.394. The van der Waals surface area contributed by atoms with Crippen molar-refractivity contribution in [1.82, 2.24) is 4.31 Å². The predicted octanol–water partition coefficient (Wildman–Crippen LogP) is 2.94. The van der Waals surface area contributed by atoms with Crippen molar-refractivity contribution in [3.8, 4) is 0 Å². The van der Waals surface area contributed by atoms with E-state index in [0.29, 0.717) is 23.9 Å². The third kappa shape index (κ3) is 3.12. The Balaban J connectivity index is 2.28. The minimum atomic E-state index is -3.37. The third-order valence-corrected chi connectivity index (χ3v) is 6.11. The van der Waals surface area contributed by atoms with E-state index >= 15 is 0 Å². The second-order valence-corrected chi connectivity index (χ2v) is 7.52. The Bertz CT molecular complexity index is 557. The van der Waals surface area contributed by atoms with Gasteiger partial charge in [0.2, 0.25) is 10.0 Å². The molecular weight excluding hydrogens is 282 g/mol. The molecule has 1 heterocycles. The van der Waals surface area contributed by atoms with Gasteiger partial charge < -0.3 is 0 Å². The van der Waals surface area contributed by atoms with Crippen molar-refractivity contribution in [1.29, 1.82) is 0 Å². The van der Waals surface area contributed by atoms with Gasteiger partial charge >= 0.3 is 0 Å². The molecule has 5 heteroatoms. The van der Waals surface area contributed by atoms with Crippen LogP contribution in [0.1, 0.15) is 24.0 Å². The summed E-state index contributed by atoms with van der Waals surface area (Å²) in [5.74, 6) is 0.801. The smallest absolute Gasteiger partial charge is 0.207 e. The van der Waals surface area contributed by atoms with Gasteiger partial charge in [0.05, 0.1) is 4.90 Å². The summed E-state index contributed by atoms with van der Waals surface area (Å²) in [5.41, 5.74) is 2.11. The van der Waals surface area contributed by atoms with Crippen molar-refractivity contribution in [3.05, 3.63) is 29.3 Å². The van der Waals surface area contributed by atoms with Crippen LogP contribution in [0.15, 0.2) is 23.1 Å². The van der Waals surface area contributed by atoms with E-state index < -0.39 is 10.0 Å². The molecule has 19 heavy (non-hydrogen) atoms. The fourth-order valence-electron chi connectivity index (χ4n) is 2.39. The Kier molecular flexibility index (Phi) is 4.54. The molecule has 0 aliphatic carbocycles. The molecule has 106 valence electrons. The first-order valence-electron chi connectivity index (χ1n) is 6.58. The number of piperidine rings is 1. The van der Waals surface area contributed by atoms with E-state index in [2.05, 4.69) is 0 Å². The molecule has 0 saturated carbocycles. The summed E-state index contributed by atoms with van der Waals surface area (Å²) < 4.78 is 26.8. The molecule has 2 rings (SSSR count). The lowest BCUT2D eigenvalue weighted by Gasteiger charge is -2.31. The predicted molar refractivity (Wildman–Crippen MR) is 78.1 cm³/mol. The second-order valence-electron chi connectivity index (χ2n) is 5.27. The fraction of sp³-hybridized carbons (Fsp3) is 0.571. The molecule has 1 unspecified atom stereocenters. The van der Waals surface area contributed by atoms with Gasteiger partial charge in [-0.25, -0.2) is 8.42 Å². The van der Waals surface area contributed by atoms with Crippen LogP contribution in [0.2, 0.25) is 0 Å². The lowest BCUT2D eigenvalue weighted by atomic mass is 10.0. The maximum absolute atomic E-state index is 12.6. The molecule has 3 nitrogen and oxygen atoms in total. The second kappa shape index (κ2) is 5.81. The molecule has 1 fully saturated rings. The summed E-state index contributed by atoms with van der Waals surface area (Å²) in [6.45, 7) is 5.06. The topological polar surface area (TPSA) is 37.4 Å². The zero-order chi connectivity index (χ0) is 14.0. The summed E-state index contributed by atoms with van der Waals surface area (Å²) in [6.07, 6.45) is 1.91. The normalized spacial score (nSPS) is 21.5. The number of nitrogens with zero attached hydrogens (tertiary/aromatic N) is 1. The molecule has 0 spiro atoms. The number of hydrogen-bond donors (Lipinski definition) is 0. The molecule has 1 aromatic carbocycles. The van der Waals surface area contributed by atoms with Crippen molar-refractivity contribution < 1.29 is 8.42 Å². The van der Waals surface area contributed by atoms with Crippen LogP contribution in [0, 0.1) is 19.8 Å². The first kappa shape index (κ1) is 14.8. The molecule has 0 amide bonds. The van der Waals surface area contributed by atoms with Gasteiger partial charge in [0.1, 0.15) is 0 Å². The summed E-state index contributed by atoms with van der Waals surface area (Å²) >= 11 is 5.87. The third-order valence-electron chi connectivity index (χ3n) is 3.82. The van der Waals surface area contributed by atoms with E-state index in [9.17, 15) is 8.42 Å². The van der Waals surface area contributed by atoms with Crippen LogP contribution < -0.4 is 0 Å². The molecule has 0 N–H and O–H groups in total. The largest absolute Gasteiger partial charge is 0.243 e. The van der Waals surface area contributed by atoms with Crippen LogP contribution in [0.5, 0.6) is 0 Å². The number of alkyl halides is 1. The Morgan fingerprint density at radius 1 is 1.32 bits per heavy atom. The van der Waals surface area contributed by atoms with E-state index in [4.69, 9.17) is 11.6 Å². The van der Waals surface area contributed by atoms with Crippen molar-refractivity contribution in [2.45, 2.75) is 31.6 Å². The van der Waals surface area contributed by atoms with E-state index in [0.717, 1.165) is 24.0 Å². The van der Waals surface area contributed by atoms with Gasteiger partial charge in [-0.3, -0.25) is 0 Å². The van der Waals surface area contributed by atoms with Crippen molar-refractivity contribution in [3.63, 3.8) is 0 Å². The number of benzene rings is 1. The maximum Gasteiger partial charge on any atom is 0.243 e. The van der Waals surface area contributed by atoms with E-state index in [1.165, 1.54) is 0 Å². The van der Waals surface area contributed by atoms with Gasteiger partial charge in [-0.1, -0.05) is 6.07 Å². The quantitative estimate of drug-likeness (QED) is 0.805. The van der Waals surface area contributed by atoms with Crippen LogP contribution in [0.25, 0.3) is 0 Å². The average Bonchev–Trinajstić information content (AvgIpc) is 2.41. The number of aryl methyl sites for hydroxylation is 2. The van der Waals surface area contributed by atoms with Crippen molar-refractivity contribution in [2.24, 2.45) is 5.92 Å². The van der Waals surface area contributed by atoms with E-state index in [1.807, 2.05) is 19.9 Å². The number of hydrogen-bond acceptors (Lipinski definition) is 2. The monoisotopic (exact) mass is 301 g/mol. The van der Waals surface area contributed by atoms with E-state index in [-0.39, 0.29) is 5.92 Å². The average molecular weight is 302 g/mol. The molecule has 1 aliphatic rings. The van der Waals surface area contributed by atoms with Gasteiger partial charge in [0, 0.05) is 19.0 Å². The minimum absolute atomic E-state index is 0.275. The first-order chi connectivity index (χ1) is 8.95. The van der Waals surface area contributed by atoms with Gasteiger partial charge in [-0.15, -0.1) is 11.6 Å². The van der Waals surface area contributed by atoms with E-state index in [1.54, 1.807) is 16.4 Å². The molecule has 0 bridgehead atoms. The standard InChI is InChI=1S/C14H20ClNO2S/c1-11-5-6-14(8-12(11)2)19(17,18)16-7-3-4-13(9-15)10-16/h5-6,8,13H,3-4,7,9-10H2,1-2H3. The Labute approximate surface area is 120 Å². The lowest BCUT2D eigenvalue weighted by Crippen LogP contribution is -2.40. The molecule has 1 saturated heterocycles. The minimum Gasteiger partial charge on any atom is -0.207 e. The van der Waals surface area contributed by atoms with Gasteiger partial charge in [-0.05, 0) is 55.9 Å². The zero-order valence-corrected chi connectivity index (χ0v) is 13.0. The molecule has 0 aromatic heterocycles. The van der Waals surface area contributed by atoms with Gasteiger partial charge in [0.25, 0.3) is 0 Å². The summed E-state index contributed by atoms with van der Waals surface area (Å²) in [6, 6.07) is 5.32. The van der Waals surface area contributed by atoms with Gasteiger partial charge in [0.15, 0.2) is 0 Å². The van der Waals surface area contributed by atoms with Crippen LogP contribution in [-0.2, 0) is 10.0 Å². The highest BCUT2D eigenvalue weighted by atomic mass is 35.5. The van der Waals surface area contributed by atoms with Crippen LogP contribution in [0.3, 0.4) is 0 Å². The first-order valence-corrected chi connectivity index (χ1v) is 8.56. The highest BCUT2D eigenvalue weighted by molar-refractivity contribution is 7.89. The molecule has 0 radical (unpaired) electrons. The molecule has 1 atom stereocenters. The van der Waals surface area contributed by atoms with Crippen LogP contribution >= 0.6 is 11.6 Å². The van der Waals surface area contributed by atoms with Crippen LogP contribution in [-0.4, -0.2) is 31.7 Å². The van der Waals surface area contributed by atoms with Crippen molar-refractivity contribution in [2.75, 3.05) is 19.0 Å². The molecule has 1 aromatic rings. The SMILES string of the molecule is Cc1ccc(S(=O)(=O)N2CCCC(CCl)C2)cc1C. The number of sulfonamides is 1. The highest BCUT2D eigenvalue weighted by Crippen LogP contribution is 2.25. The lowest BCUT2D eigenvalue weighted by molar-refractivity contribution is 0.283. The highest BCUT2D eigenvalue weighted by Gasteiger charge is 2.29. The number of rotatable bonds is 3. The fourth-order valence-corrected chi connectivity index (χ4v) is 4.29. The Hall–Kier alpha value is -0.580. The summed E-state index contributed by atoms with van der Waals surface area (Å²) in [5, 5.41) is 0. The Morgan fingerprint density at radius 3 is 2.68 bits per heavy atom.